The van der Waals surface area contributed by atoms with E-state index in [1.807, 2.05) is 12.1 Å². The molecule has 1 heterocycles. The maximum absolute atomic E-state index is 5.79. The van der Waals surface area contributed by atoms with Gasteiger partial charge in [0.1, 0.15) is 11.5 Å². The van der Waals surface area contributed by atoms with Crippen LogP contribution in [0.3, 0.4) is 0 Å². The molecule has 3 nitrogen and oxygen atoms in total. The van der Waals surface area contributed by atoms with Gasteiger partial charge in [0.25, 0.3) is 0 Å². The maximum Gasteiger partial charge on any atom is 0.124 e. The van der Waals surface area contributed by atoms with Gasteiger partial charge in [0.15, 0.2) is 0 Å². The molecule has 1 N–H and O–H groups in total. The molecule has 1 saturated carbocycles. The van der Waals surface area contributed by atoms with Crippen molar-refractivity contribution in [1.29, 1.82) is 0 Å². The maximum atomic E-state index is 5.79. The van der Waals surface area contributed by atoms with Gasteiger partial charge >= 0.3 is 0 Å². The van der Waals surface area contributed by atoms with Gasteiger partial charge in [0, 0.05) is 24.1 Å². The molecule has 116 valence electrons. The molecule has 0 spiro atoms. The molecule has 0 amide bonds. The Hall–Kier alpha value is -1.22. The van der Waals surface area contributed by atoms with E-state index < -0.39 is 0 Å². The Bertz CT molecular complexity index is 474. The van der Waals surface area contributed by atoms with Crippen molar-refractivity contribution in [2.24, 2.45) is 5.92 Å². The summed E-state index contributed by atoms with van der Waals surface area (Å²) in [6.07, 6.45) is 7.75. The standard InChI is InChI=1S/C18H27NO2/c1-13-4-3-5-14(7-6-13)19-17-10-11-21-18-9-8-15(20-2)12-16(17)18/h8-9,12-14,17,19H,3-7,10-11H2,1-2H3. The number of methoxy groups -OCH3 is 1. The second-order valence-electron chi connectivity index (χ2n) is 6.57. The van der Waals surface area contributed by atoms with E-state index in [4.69, 9.17) is 9.47 Å². The fraction of sp³-hybridized carbons (Fsp3) is 0.667. The molecule has 0 radical (unpaired) electrons. The lowest BCUT2D eigenvalue weighted by atomic mass is 9.97. The summed E-state index contributed by atoms with van der Waals surface area (Å²) in [5.74, 6) is 2.82. The molecule has 1 aliphatic carbocycles. The number of benzene rings is 1. The van der Waals surface area contributed by atoms with Crippen LogP contribution in [-0.2, 0) is 0 Å². The van der Waals surface area contributed by atoms with Crippen LogP contribution in [0.25, 0.3) is 0 Å². The molecule has 2 aliphatic rings. The fourth-order valence-corrected chi connectivity index (χ4v) is 3.61. The molecule has 3 rings (SSSR count). The molecular weight excluding hydrogens is 262 g/mol. The summed E-state index contributed by atoms with van der Waals surface area (Å²) in [4.78, 5) is 0. The minimum atomic E-state index is 0.405. The van der Waals surface area contributed by atoms with Crippen LogP contribution in [0.15, 0.2) is 18.2 Å². The van der Waals surface area contributed by atoms with Gasteiger partial charge < -0.3 is 14.8 Å². The predicted molar refractivity (Wildman–Crippen MR) is 85.0 cm³/mol. The Labute approximate surface area is 128 Å². The average Bonchev–Trinajstić information content (AvgIpc) is 2.72. The van der Waals surface area contributed by atoms with Crippen molar-refractivity contribution in [3.05, 3.63) is 23.8 Å². The molecule has 1 aliphatic heterocycles. The zero-order valence-electron chi connectivity index (χ0n) is 13.2. The number of hydrogen-bond acceptors (Lipinski definition) is 3. The van der Waals surface area contributed by atoms with E-state index in [1.165, 1.54) is 37.7 Å². The van der Waals surface area contributed by atoms with Crippen LogP contribution >= 0.6 is 0 Å². The summed E-state index contributed by atoms with van der Waals surface area (Å²) < 4.78 is 11.2. The molecule has 1 fully saturated rings. The Balaban J connectivity index is 1.72. The first kappa shape index (κ1) is 14.7. The van der Waals surface area contributed by atoms with Crippen molar-refractivity contribution in [3.63, 3.8) is 0 Å². The molecule has 3 heteroatoms. The van der Waals surface area contributed by atoms with Gasteiger partial charge in [-0.1, -0.05) is 19.8 Å². The highest BCUT2D eigenvalue weighted by atomic mass is 16.5. The van der Waals surface area contributed by atoms with E-state index in [2.05, 4.69) is 18.3 Å². The zero-order chi connectivity index (χ0) is 14.7. The van der Waals surface area contributed by atoms with Crippen LogP contribution in [0.4, 0.5) is 0 Å². The van der Waals surface area contributed by atoms with Gasteiger partial charge in [-0.2, -0.15) is 0 Å². The Morgan fingerprint density at radius 2 is 2.05 bits per heavy atom. The topological polar surface area (TPSA) is 30.5 Å². The largest absolute Gasteiger partial charge is 0.497 e. The average molecular weight is 289 g/mol. The molecule has 21 heavy (non-hydrogen) atoms. The summed E-state index contributed by atoms with van der Waals surface area (Å²) in [7, 11) is 1.72. The fourth-order valence-electron chi connectivity index (χ4n) is 3.61. The summed E-state index contributed by atoms with van der Waals surface area (Å²) in [5.41, 5.74) is 1.26. The first-order chi connectivity index (χ1) is 10.3. The van der Waals surface area contributed by atoms with Crippen LogP contribution in [0.5, 0.6) is 11.5 Å². The van der Waals surface area contributed by atoms with Gasteiger partial charge in [-0.25, -0.2) is 0 Å². The van der Waals surface area contributed by atoms with Crippen LogP contribution in [0, 0.1) is 5.92 Å². The quantitative estimate of drug-likeness (QED) is 0.851. The minimum Gasteiger partial charge on any atom is -0.497 e. The van der Waals surface area contributed by atoms with E-state index >= 15 is 0 Å². The molecular formula is C18H27NO2. The number of nitrogens with one attached hydrogen (secondary N) is 1. The first-order valence-corrected chi connectivity index (χ1v) is 8.33. The lowest BCUT2D eigenvalue weighted by Crippen LogP contribution is -2.35. The molecule has 1 aromatic carbocycles. The van der Waals surface area contributed by atoms with E-state index in [1.54, 1.807) is 7.11 Å². The molecule has 0 aromatic heterocycles. The monoisotopic (exact) mass is 289 g/mol. The number of ether oxygens (including phenoxy) is 2. The van der Waals surface area contributed by atoms with Crippen LogP contribution < -0.4 is 14.8 Å². The van der Waals surface area contributed by atoms with E-state index in [-0.39, 0.29) is 0 Å². The highest BCUT2D eigenvalue weighted by molar-refractivity contribution is 5.43. The third-order valence-corrected chi connectivity index (χ3v) is 4.95. The predicted octanol–water partition coefficient (Wildman–Crippen LogP) is 4.08. The summed E-state index contributed by atoms with van der Waals surface area (Å²) in [5, 5.41) is 3.89. The van der Waals surface area contributed by atoms with Gasteiger partial charge in [-0.05, 0) is 43.4 Å². The smallest absolute Gasteiger partial charge is 0.124 e. The second-order valence-corrected chi connectivity index (χ2v) is 6.57. The highest BCUT2D eigenvalue weighted by Gasteiger charge is 2.25. The zero-order valence-corrected chi connectivity index (χ0v) is 13.2. The Kier molecular flexibility index (Phi) is 4.69. The van der Waals surface area contributed by atoms with E-state index in [9.17, 15) is 0 Å². The number of fused-ring (bicyclic) bond motifs is 1. The minimum absolute atomic E-state index is 0.405. The van der Waals surface area contributed by atoms with Crippen molar-refractivity contribution in [1.82, 2.24) is 5.32 Å². The lowest BCUT2D eigenvalue weighted by molar-refractivity contribution is 0.239. The van der Waals surface area contributed by atoms with Crippen LogP contribution in [0.2, 0.25) is 0 Å². The van der Waals surface area contributed by atoms with Crippen molar-refractivity contribution in [3.8, 4) is 11.5 Å². The molecule has 0 saturated heterocycles. The molecule has 3 unspecified atom stereocenters. The SMILES string of the molecule is COc1ccc2c(c1)C(NC1CCCC(C)CC1)CCO2. The van der Waals surface area contributed by atoms with Crippen molar-refractivity contribution in [2.75, 3.05) is 13.7 Å². The number of rotatable bonds is 3. The third kappa shape index (κ3) is 3.52. The summed E-state index contributed by atoms with van der Waals surface area (Å²) in [6.45, 7) is 3.19. The highest BCUT2D eigenvalue weighted by Crippen LogP contribution is 2.36. The van der Waals surface area contributed by atoms with Gasteiger partial charge in [0.05, 0.1) is 13.7 Å². The lowest BCUT2D eigenvalue weighted by Gasteiger charge is -2.30. The van der Waals surface area contributed by atoms with Gasteiger partial charge in [-0.15, -0.1) is 0 Å². The van der Waals surface area contributed by atoms with Crippen LogP contribution in [0.1, 0.15) is 57.1 Å². The third-order valence-electron chi connectivity index (χ3n) is 4.95. The second kappa shape index (κ2) is 6.69. The number of hydrogen-bond donors (Lipinski definition) is 1. The Morgan fingerprint density at radius 1 is 1.14 bits per heavy atom. The van der Waals surface area contributed by atoms with Crippen molar-refractivity contribution in [2.45, 2.75) is 57.5 Å². The van der Waals surface area contributed by atoms with Gasteiger partial charge in [-0.3, -0.25) is 0 Å². The van der Waals surface area contributed by atoms with Crippen molar-refractivity contribution >= 4 is 0 Å². The summed E-state index contributed by atoms with van der Waals surface area (Å²) >= 11 is 0. The molecule has 0 bridgehead atoms. The van der Waals surface area contributed by atoms with Crippen molar-refractivity contribution < 1.29 is 9.47 Å². The first-order valence-electron chi connectivity index (χ1n) is 8.33. The van der Waals surface area contributed by atoms with E-state index in [0.717, 1.165) is 30.4 Å². The summed E-state index contributed by atoms with van der Waals surface area (Å²) in [6, 6.07) is 7.20. The molecule has 3 atom stereocenters. The normalized spacial score (nSPS) is 29.1. The molecule has 1 aromatic rings. The van der Waals surface area contributed by atoms with E-state index in [0.29, 0.717) is 12.1 Å². The Morgan fingerprint density at radius 3 is 2.90 bits per heavy atom. The van der Waals surface area contributed by atoms with Crippen LogP contribution in [-0.4, -0.2) is 19.8 Å². The van der Waals surface area contributed by atoms with Gasteiger partial charge in [0.2, 0.25) is 0 Å².